The van der Waals surface area contributed by atoms with Gasteiger partial charge in [-0.1, -0.05) is 0 Å². The highest BCUT2D eigenvalue weighted by Gasteiger charge is 2.22. The van der Waals surface area contributed by atoms with Crippen molar-refractivity contribution in [2.45, 2.75) is 39.0 Å². The van der Waals surface area contributed by atoms with E-state index in [4.69, 9.17) is 0 Å². The predicted octanol–water partition coefficient (Wildman–Crippen LogP) is 3.00. The normalized spacial score (nSPS) is 16.5. The molecule has 1 aliphatic heterocycles. The van der Waals surface area contributed by atoms with Gasteiger partial charge in [-0.3, -0.25) is 9.78 Å². The number of likely N-dealkylation sites (N-methyl/N-ethyl adjacent to an activating group) is 1. The minimum atomic E-state index is 0.229. The number of carbonyl (C=O) groups excluding carboxylic acids is 1. The lowest BCUT2D eigenvalue weighted by Gasteiger charge is -2.33. The number of amides is 1. The number of aromatic nitrogens is 3. The molecule has 7 nitrogen and oxygen atoms in total. The van der Waals surface area contributed by atoms with Crippen molar-refractivity contribution in [3.8, 4) is 0 Å². The number of hydrogen-bond acceptors (Lipinski definition) is 6. The summed E-state index contributed by atoms with van der Waals surface area (Å²) in [6.07, 6.45) is 9.93. The third-order valence-electron chi connectivity index (χ3n) is 5.53. The van der Waals surface area contributed by atoms with Crippen molar-refractivity contribution in [3.63, 3.8) is 0 Å². The van der Waals surface area contributed by atoms with Crippen molar-refractivity contribution in [1.82, 2.24) is 19.9 Å². The molecule has 1 atom stereocenters. The van der Waals surface area contributed by atoms with Crippen molar-refractivity contribution in [2.75, 3.05) is 43.4 Å². The molecule has 0 aliphatic carbocycles. The van der Waals surface area contributed by atoms with Gasteiger partial charge in [-0.25, -0.2) is 9.97 Å². The first-order valence-corrected chi connectivity index (χ1v) is 10.6. The summed E-state index contributed by atoms with van der Waals surface area (Å²) in [7, 11) is 1.90. The molecule has 0 unspecified atom stereocenters. The van der Waals surface area contributed by atoms with Gasteiger partial charge in [0.05, 0.1) is 0 Å². The highest BCUT2D eigenvalue weighted by molar-refractivity contribution is 5.75. The highest BCUT2D eigenvalue weighted by Crippen LogP contribution is 2.25. The van der Waals surface area contributed by atoms with E-state index in [-0.39, 0.29) is 5.91 Å². The largest absolute Gasteiger partial charge is 0.370 e. The average Bonchev–Trinajstić information content (AvgIpc) is 2.77. The second-order valence-corrected chi connectivity index (χ2v) is 7.71. The van der Waals surface area contributed by atoms with Crippen LogP contribution in [-0.2, 0) is 11.2 Å². The van der Waals surface area contributed by atoms with Crippen LogP contribution >= 0.6 is 0 Å². The Balaban J connectivity index is 1.45. The molecule has 1 aliphatic rings. The van der Waals surface area contributed by atoms with Crippen LogP contribution in [0.4, 0.5) is 11.6 Å². The minimum absolute atomic E-state index is 0.229. The summed E-state index contributed by atoms with van der Waals surface area (Å²) in [6, 6.07) is 6.02. The Bertz CT molecular complexity index is 769. The number of piperidine rings is 1. The summed E-state index contributed by atoms with van der Waals surface area (Å²) in [5.41, 5.74) is 1.21. The number of anilines is 2. The second-order valence-electron chi connectivity index (χ2n) is 7.71. The van der Waals surface area contributed by atoms with E-state index in [0.717, 1.165) is 57.1 Å². The van der Waals surface area contributed by atoms with E-state index in [9.17, 15) is 4.79 Å². The van der Waals surface area contributed by atoms with Gasteiger partial charge in [-0.15, -0.1) is 0 Å². The molecule has 0 aromatic carbocycles. The maximum Gasteiger partial charge on any atom is 0.222 e. The number of nitrogens with one attached hydrogen (secondary N) is 1. The molecule has 0 saturated carbocycles. The third-order valence-corrected chi connectivity index (χ3v) is 5.53. The van der Waals surface area contributed by atoms with Crippen molar-refractivity contribution >= 4 is 17.5 Å². The molecule has 1 saturated heterocycles. The van der Waals surface area contributed by atoms with Crippen molar-refractivity contribution in [1.29, 1.82) is 0 Å². The molecule has 0 radical (unpaired) electrons. The fraction of sp³-hybridized carbons (Fsp3) is 0.545. The molecule has 3 rings (SSSR count). The molecule has 156 valence electrons. The summed E-state index contributed by atoms with van der Waals surface area (Å²) in [5.74, 6) is 2.60. The van der Waals surface area contributed by atoms with E-state index in [1.54, 1.807) is 18.7 Å². The van der Waals surface area contributed by atoms with Crippen LogP contribution in [0.3, 0.4) is 0 Å². The van der Waals surface area contributed by atoms with Crippen LogP contribution in [0.1, 0.15) is 38.2 Å². The molecule has 3 heterocycles. The van der Waals surface area contributed by atoms with E-state index in [2.05, 4.69) is 32.1 Å². The molecule has 2 aromatic heterocycles. The van der Waals surface area contributed by atoms with Gasteiger partial charge in [0.2, 0.25) is 5.91 Å². The monoisotopic (exact) mass is 396 g/mol. The summed E-state index contributed by atoms with van der Waals surface area (Å²) >= 11 is 0. The first kappa shape index (κ1) is 21.0. The molecule has 1 fully saturated rings. The standard InChI is InChI=1S/C22H32N6O/c1-3-24-20-15-21(26-17-25-20)28-13-4-5-19(16-28)6-7-22(29)27(2)14-10-18-8-11-23-12-9-18/h8-9,11-12,15,17,19H,3-7,10,13-14,16H2,1-2H3,(H,24,25,26)/t19-/m0/s1. The quantitative estimate of drug-likeness (QED) is 0.702. The van der Waals surface area contributed by atoms with Gasteiger partial charge in [0.25, 0.3) is 0 Å². The summed E-state index contributed by atoms with van der Waals surface area (Å²) < 4.78 is 0. The molecule has 1 amide bonds. The smallest absolute Gasteiger partial charge is 0.222 e. The van der Waals surface area contributed by atoms with Gasteiger partial charge < -0.3 is 15.1 Å². The molecule has 7 heteroatoms. The topological polar surface area (TPSA) is 74.2 Å². The second kappa shape index (κ2) is 10.7. The Morgan fingerprint density at radius 1 is 1.31 bits per heavy atom. The van der Waals surface area contributed by atoms with Crippen LogP contribution in [0.25, 0.3) is 0 Å². The Kier molecular flexibility index (Phi) is 7.78. The van der Waals surface area contributed by atoms with Crippen LogP contribution in [0.15, 0.2) is 36.9 Å². The van der Waals surface area contributed by atoms with Crippen molar-refractivity contribution in [3.05, 3.63) is 42.5 Å². The Morgan fingerprint density at radius 2 is 2.14 bits per heavy atom. The molecular weight excluding hydrogens is 364 g/mol. The first-order valence-electron chi connectivity index (χ1n) is 10.6. The first-order chi connectivity index (χ1) is 14.2. The lowest BCUT2D eigenvalue weighted by molar-refractivity contribution is -0.130. The Hall–Kier alpha value is -2.70. The van der Waals surface area contributed by atoms with Gasteiger partial charge in [0.15, 0.2) is 0 Å². The lowest BCUT2D eigenvalue weighted by atomic mass is 9.93. The maximum atomic E-state index is 12.5. The SMILES string of the molecule is CCNc1cc(N2CCC[C@@H](CCC(=O)N(C)CCc3ccncc3)C2)ncn1. The highest BCUT2D eigenvalue weighted by atomic mass is 16.2. The number of hydrogen-bond donors (Lipinski definition) is 1. The minimum Gasteiger partial charge on any atom is -0.370 e. The summed E-state index contributed by atoms with van der Waals surface area (Å²) in [5, 5.41) is 3.24. The molecule has 2 aromatic rings. The fourth-order valence-electron chi connectivity index (χ4n) is 3.80. The van der Waals surface area contributed by atoms with E-state index < -0.39 is 0 Å². The van der Waals surface area contributed by atoms with Crippen LogP contribution in [0, 0.1) is 5.92 Å². The average molecular weight is 397 g/mol. The van der Waals surface area contributed by atoms with Gasteiger partial charge in [-0.05, 0) is 56.2 Å². The van der Waals surface area contributed by atoms with Crippen molar-refractivity contribution < 1.29 is 4.79 Å². The van der Waals surface area contributed by atoms with Crippen LogP contribution in [0.2, 0.25) is 0 Å². The van der Waals surface area contributed by atoms with Crippen LogP contribution < -0.4 is 10.2 Å². The lowest BCUT2D eigenvalue weighted by Crippen LogP contribution is -2.37. The van der Waals surface area contributed by atoms with Gasteiger partial charge >= 0.3 is 0 Å². The zero-order valence-electron chi connectivity index (χ0n) is 17.5. The van der Waals surface area contributed by atoms with Gasteiger partial charge in [0.1, 0.15) is 18.0 Å². The third kappa shape index (κ3) is 6.41. The van der Waals surface area contributed by atoms with Crippen LogP contribution in [0.5, 0.6) is 0 Å². The number of nitrogens with zero attached hydrogens (tertiary/aromatic N) is 5. The molecule has 29 heavy (non-hydrogen) atoms. The molecule has 0 spiro atoms. The molecular formula is C22H32N6O. The molecule has 1 N–H and O–H groups in total. The zero-order valence-corrected chi connectivity index (χ0v) is 17.5. The van der Waals surface area contributed by atoms with E-state index >= 15 is 0 Å². The summed E-state index contributed by atoms with van der Waals surface area (Å²) in [4.78, 5) is 29.5. The van der Waals surface area contributed by atoms with E-state index in [1.165, 1.54) is 12.0 Å². The Morgan fingerprint density at radius 3 is 2.93 bits per heavy atom. The van der Waals surface area contributed by atoms with Gasteiger partial charge in [-0.2, -0.15) is 0 Å². The number of pyridine rings is 1. The molecule has 0 bridgehead atoms. The fourth-order valence-corrected chi connectivity index (χ4v) is 3.80. The van der Waals surface area contributed by atoms with E-state index in [1.807, 2.05) is 30.1 Å². The van der Waals surface area contributed by atoms with Crippen molar-refractivity contribution in [2.24, 2.45) is 5.92 Å². The Labute approximate surface area is 173 Å². The maximum absolute atomic E-state index is 12.5. The zero-order chi connectivity index (χ0) is 20.5. The predicted molar refractivity (Wildman–Crippen MR) is 116 cm³/mol. The number of rotatable bonds is 9. The van der Waals surface area contributed by atoms with Crippen LogP contribution in [-0.4, -0.2) is 59.0 Å². The summed E-state index contributed by atoms with van der Waals surface area (Å²) in [6.45, 7) is 5.61. The van der Waals surface area contributed by atoms with Gasteiger partial charge in [0, 0.05) is 58.1 Å². The number of carbonyl (C=O) groups is 1. The van der Waals surface area contributed by atoms with E-state index in [0.29, 0.717) is 12.3 Å².